The van der Waals surface area contributed by atoms with Gasteiger partial charge in [-0.2, -0.15) is 9.40 Å². The molecular weight excluding hydrogens is 376 g/mol. The highest BCUT2D eigenvalue weighted by Crippen LogP contribution is 2.29. The number of nitrogens with one attached hydrogen (secondary N) is 1. The highest BCUT2D eigenvalue weighted by atomic mass is 35.5. The van der Waals surface area contributed by atoms with Gasteiger partial charge in [0.15, 0.2) is 0 Å². The van der Waals surface area contributed by atoms with Crippen molar-refractivity contribution in [1.82, 2.24) is 14.1 Å². The van der Waals surface area contributed by atoms with Gasteiger partial charge in [-0.25, -0.2) is 8.42 Å². The fourth-order valence-electron chi connectivity index (χ4n) is 3.02. The Kier molecular flexibility index (Phi) is 5.36. The summed E-state index contributed by atoms with van der Waals surface area (Å²) in [7, 11) is -3.66. The Labute approximate surface area is 158 Å². The predicted octanol–water partition coefficient (Wildman–Crippen LogP) is 2.58. The lowest BCUT2D eigenvalue weighted by Crippen LogP contribution is -2.28. The molecule has 0 spiro atoms. The molecule has 1 amide bonds. The van der Waals surface area contributed by atoms with E-state index in [9.17, 15) is 13.2 Å². The van der Waals surface area contributed by atoms with Crippen LogP contribution in [0.4, 0.5) is 5.69 Å². The summed E-state index contributed by atoms with van der Waals surface area (Å²) in [5.74, 6) is -0.289. The first kappa shape index (κ1) is 18.9. The first-order chi connectivity index (χ1) is 12.3. The van der Waals surface area contributed by atoms with Gasteiger partial charge in [0, 0.05) is 24.5 Å². The van der Waals surface area contributed by atoms with Gasteiger partial charge in [0.25, 0.3) is 0 Å². The molecule has 7 nitrogen and oxygen atoms in total. The van der Waals surface area contributed by atoms with Crippen LogP contribution in [0.5, 0.6) is 0 Å². The molecule has 1 N–H and O–H groups in total. The number of rotatable bonds is 5. The Bertz CT molecular complexity index is 933. The smallest absolute Gasteiger partial charge is 0.246 e. The summed E-state index contributed by atoms with van der Waals surface area (Å²) in [4.78, 5) is 12.3. The van der Waals surface area contributed by atoms with Crippen molar-refractivity contribution in [2.24, 2.45) is 0 Å². The van der Waals surface area contributed by atoms with Crippen LogP contribution in [0.3, 0.4) is 0 Å². The molecule has 1 aliphatic rings. The van der Waals surface area contributed by atoms with Crippen LogP contribution in [-0.2, 0) is 21.4 Å². The van der Waals surface area contributed by atoms with Crippen LogP contribution in [0.25, 0.3) is 0 Å². The topological polar surface area (TPSA) is 84.3 Å². The molecule has 1 saturated heterocycles. The number of benzene rings is 1. The number of aromatic nitrogens is 2. The molecule has 0 saturated carbocycles. The number of anilines is 1. The van der Waals surface area contributed by atoms with Gasteiger partial charge in [0.05, 0.1) is 10.7 Å². The van der Waals surface area contributed by atoms with Crippen LogP contribution in [-0.4, -0.2) is 41.5 Å². The molecule has 0 atom stereocenters. The molecule has 1 aromatic heterocycles. The van der Waals surface area contributed by atoms with Crippen LogP contribution in [0.1, 0.15) is 24.2 Å². The van der Waals surface area contributed by atoms with Gasteiger partial charge in [0.1, 0.15) is 11.4 Å². The first-order valence-corrected chi connectivity index (χ1v) is 10.2. The summed E-state index contributed by atoms with van der Waals surface area (Å²) in [6.45, 7) is 4.77. The van der Waals surface area contributed by atoms with E-state index < -0.39 is 10.0 Å². The van der Waals surface area contributed by atoms with Crippen molar-refractivity contribution in [2.75, 3.05) is 18.4 Å². The summed E-state index contributed by atoms with van der Waals surface area (Å²) in [6.07, 6.45) is 1.69. The van der Waals surface area contributed by atoms with Crippen molar-refractivity contribution in [3.63, 3.8) is 0 Å². The lowest BCUT2D eigenvalue weighted by molar-refractivity contribution is -0.116. The fraction of sp³-hybridized carbons (Fsp3) is 0.412. The number of hydrogen-bond acceptors (Lipinski definition) is 4. The predicted molar refractivity (Wildman–Crippen MR) is 99.8 cm³/mol. The number of aryl methyl sites for hydroxylation is 2. The average molecular weight is 397 g/mol. The monoisotopic (exact) mass is 396 g/mol. The van der Waals surface area contributed by atoms with Crippen LogP contribution < -0.4 is 5.32 Å². The van der Waals surface area contributed by atoms with Gasteiger partial charge < -0.3 is 5.32 Å². The van der Waals surface area contributed by atoms with Gasteiger partial charge in [-0.15, -0.1) is 0 Å². The van der Waals surface area contributed by atoms with Crippen molar-refractivity contribution in [2.45, 2.75) is 38.1 Å². The van der Waals surface area contributed by atoms with E-state index >= 15 is 0 Å². The summed E-state index contributed by atoms with van der Waals surface area (Å²) in [6, 6.07) is 6.37. The molecule has 0 radical (unpaired) electrons. The largest absolute Gasteiger partial charge is 0.324 e. The maximum atomic E-state index is 12.7. The van der Waals surface area contributed by atoms with E-state index in [2.05, 4.69) is 10.4 Å². The van der Waals surface area contributed by atoms with E-state index in [1.807, 2.05) is 19.9 Å². The second-order valence-corrected chi connectivity index (χ2v) is 8.70. The van der Waals surface area contributed by atoms with E-state index in [0.29, 0.717) is 18.8 Å². The van der Waals surface area contributed by atoms with E-state index in [1.54, 1.807) is 10.7 Å². The molecule has 0 aliphatic carbocycles. The molecule has 1 fully saturated rings. The molecule has 9 heteroatoms. The molecule has 26 heavy (non-hydrogen) atoms. The summed E-state index contributed by atoms with van der Waals surface area (Å²) in [5.41, 5.74) is 2.10. The zero-order valence-corrected chi connectivity index (χ0v) is 16.3. The number of sulfonamides is 1. The summed E-state index contributed by atoms with van der Waals surface area (Å²) < 4.78 is 28.5. The number of carbonyl (C=O) groups is 1. The standard InChI is InChI=1S/C17H21ClN4O3S/c1-12-9-13(2)22(20-12)11-17(23)19-14-5-6-15(18)16(10-14)26(24,25)21-7-3-4-8-21/h5-6,9-10H,3-4,7-8,11H2,1-2H3,(H,19,23). The molecule has 0 unspecified atom stereocenters. The highest BCUT2D eigenvalue weighted by molar-refractivity contribution is 7.89. The Morgan fingerprint density at radius 1 is 1.23 bits per heavy atom. The summed E-state index contributed by atoms with van der Waals surface area (Å²) >= 11 is 6.12. The number of amides is 1. The third-order valence-electron chi connectivity index (χ3n) is 4.29. The Balaban J connectivity index is 1.79. The minimum Gasteiger partial charge on any atom is -0.324 e. The minimum atomic E-state index is -3.66. The van der Waals surface area contributed by atoms with Crippen molar-refractivity contribution in [3.05, 3.63) is 40.7 Å². The van der Waals surface area contributed by atoms with Gasteiger partial charge in [0.2, 0.25) is 15.9 Å². The van der Waals surface area contributed by atoms with Crippen LogP contribution in [0, 0.1) is 13.8 Å². The second-order valence-electron chi connectivity index (χ2n) is 6.39. The second kappa shape index (κ2) is 7.38. The third kappa shape index (κ3) is 3.92. The quantitative estimate of drug-likeness (QED) is 0.841. The number of carbonyl (C=O) groups excluding carboxylic acids is 1. The molecule has 1 aliphatic heterocycles. The number of halogens is 1. The minimum absolute atomic E-state index is 0.0185. The van der Waals surface area contributed by atoms with Gasteiger partial charge in [-0.05, 0) is 51.0 Å². The van der Waals surface area contributed by atoms with Crippen LogP contribution in [0.15, 0.2) is 29.2 Å². The number of nitrogens with zero attached hydrogens (tertiary/aromatic N) is 3. The fourth-order valence-corrected chi connectivity index (χ4v) is 5.04. The average Bonchev–Trinajstić information content (AvgIpc) is 3.20. The lowest BCUT2D eigenvalue weighted by Gasteiger charge is -2.17. The van der Waals surface area contributed by atoms with Crippen molar-refractivity contribution < 1.29 is 13.2 Å². The summed E-state index contributed by atoms with van der Waals surface area (Å²) in [5, 5.41) is 7.11. The normalized spacial score (nSPS) is 15.3. The molecule has 1 aromatic carbocycles. The molecule has 2 heterocycles. The lowest BCUT2D eigenvalue weighted by atomic mass is 10.3. The van der Waals surface area contributed by atoms with Gasteiger partial charge in [-0.1, -0.05) is 11.6 Å². The molecular formula is C17H21ClN4O3S. The van der Waals surface area contributed by atoms with Crippen LogP contribution >= 0.6 is 11.6 Å². The molecule has 0 bridgehead atoms. The zero-order chi connectivity index (χ0) is 18.9. The van der Waals surface area contributed by atoms with Gasteiger partial charge in [-0.3, -0.25) is 9.48 Å². The van der Waals surface area contributed by atoms with Crippen molar-refractivity contribution >= 4 is 33.2 Å². The Morgan fingerprint density at radius 3 is 2.54 bits per heavy atom. The van der Waals surface area contributed by atoms with E-state index in [0.717, 1.165) is 24.2 Å². The Morgan fingerprint density at radius 2 is 1.92 bits per heavy atom. The molecule has 2 aromatic rings. The van der Waals surface area contributed by atoms with E-state index in [-0.39, 0.29) is 22.4 Å². The number of hydrogen-bond donors (Lipinski definition) is 1. The maximum Gasteiger partial charge on any atom is 0.246 e. The highest BCUT2D eigenvalue weighted by Gasteiger charge is 2.29. The third-order valence-corrected chi connectivity index (χ3v) is 6.67. The first-order valence-electron chi connectivity index (χ1n) is 8.38. The SMILES string of the molecule is Cc1cc(C)n(CC(=O)Nc2ccc(Cl)c(S(=O)(=O)N3CCCC3)c2)n1. The zero-order valence-electron chi connectivity index (χ0n) is 14.7. The molecule has 140 valence electrons. The maximum absolute atomic E-state index is 12.7. The van der Waals surface area contributed by atoms with E-state index in [1.165, 1.54) is 16.4 Å². The van der Waals surface area contributed by atoms with Crippen molar-refractivity contribution in [1.29, 1.82) is 0 Å². The van der Waals surface area contributed by atoms with E-state index in [4.69, 9.17) is 11.6 Å². The molecule has 3 rings (SSSR count). The van der Waals surface area contributed by atoms with Crippen LogP contribution in [0.2, 0.25) is 5.02 Å². The van der Waals surface area contributed by atoms with Crippen molar-refractivity contribution in [3.8, 4) is 0 Å². The Hall–Kier alpha value is -1.90. The van der Waals surface area contributed by atoms with Gasteiger partial charge >= 0.3 is 0 Å².